The quantitative estimate of drug-likeness (QED) is 0.426. The highest BCUT2D eigenvalue weighted by atomic mass is 32.1. The molecule has 1 aliphatic rings. The number of carbonyl (C=O) groups is 2. The van der Waals surface area contributed by atoms with Crippen LogP contribution in [0.2, 0.25) is 0 Å². The molecule has 0 saturated carbocycles. The fourth-order valence-corrected chi connectivity index (χ4v) is 4.59. The van der Waals surface area contributed by atoms with Crippen molar-refractivity contribution in [1.29, 1.82) is 0 Å². The van der Waals surface area contributed by atoms with E-state index >= 15 is 0 Å². The van der Waals surface area contributed by atoms with Gasteiger partial charge in [-0.1, -0.05) is 30.3 Å². The second-order valence-corrected chi connectivity index (χ2v) is 8.64. The van der Waals surface area contributed by atoms with Crippen molar-refractivity contribution in [2.75, 3.05) is 6.61 Å². The lowest BCUT2D eigenvalue weighted by Gasteiger charge is -2.07. The molecule has 1 atom stereocenters. The third kappa shape index (κ3) is 4.09. The Bertz CT molecular complexity index is 1240. The van der Waals surface area contributed by atoms with E-state index in [2.05, 4.69) is 33.5 Å². The zero-order valence-electron chi connectivity index (χ0n) is 17.3. The maximum Gasteiger partial charge on any atom is 0.345 e. The number of hydrogen-bond acceptors (Lipinski definition) is 7. The van der Waals surface area contributed by atoms with Gasteiger partial charge in [-0.05, 0) is 48.6 Å². The number of amides is 1. The largest absolute Gasteiger partial charge is 0.493 e. The van der Waals surface area contributed by atoms with Gasteiger partial charge in [-0.2, -0.15) is 5.48 Å². The van der Waals surface area contributed by atoms with E-state index in [0.29, 0.717) is 31.1 Å². The topological polar surface area (TPSA) is 90.7 Å². The lowest BCUT2D eigenvalue weighted by Crippen LogP contribution is -2.21. The fraction of sp³-hybridized carbons (Fsp3) is 0.208. The van der Waals surface area contributed by atoms with Crippen molar-refractivity contribution in [2.24, 2.45) is 5.92 Å². The van der Waals surface area contributed by atoms with Crippen LogP contribution in [0.25, 0.3) is 20.9 Å². The van der Waals surface area contributed by atoms with Crippen LogP contribution < -0.4 is 10.2 Å². The highest BCUT2D eigenvalue weighted by Crippen LogP contribution is 2.33. The van der Waals surface area contributed by atoms with Gasteiger partial charge in [0.2, 0.25) is 5.89 Å². The number of nitrogens with zero attached hydrogens (tertiary/aromatic N) is 1. The Morgan fingerprint density at radius 2 is 1.94 bits per heavy atom. The third-order valence-electron chi connectivity index (χ3n) is 5.35. The first-order valence-electron chi connectivity index (χ1n) is 10.2. The zero-order chi connectivity index (χ0) is 22.1. The molecule has 3 heterocycles. The Morgan fingerprint density at radius 1 is 1.12 bits per heavy atom. The average molecular weight is 449 g/mol. The summed E-state index contributed by atoms with van der Waals surface area (Å²) in [6, 6.07) is 17.7. The summed E-state index contributed by atoms with van der Waals surface area (Å²) >= 11 is 1.66. The number of hydroxylamine groups is 1. The monoisotopic (exact) mass is 448 g/mol. The molecule has 2 aromatic heterocycles. The summed E-state index contributed by atoms with van der Waals surface area (Å²) in [5.41, 5.74) is 3.82. The van der Waals surface area contributed by atoms with Crippen molar-refractivity contribution < 1.29 is 23.6 Å². The van der Waals surface area contributed by atoms with E-state index < -0.39 is 17.8 Å². The molecule has 8 heteroatoms. The molecule has 1 aliphatic heterocycles. The summed E-state index contributed by atoms with van der Waals surface area (Å²) in [6.45, 7) is 2.37. The lowest BCUT2D eigenvalue weighted by atomic mass is 9.99. The molecule has 7 nitrogen and oxygen atoms in total. The first-order valence-corrected chi connectivity index (χ1v) is 11.1. The summed E-state index contributed by atoms with van der Waals surface area (Å²) in [5, 5.41) is 1.18. The molecule has 1 amide bonds. The summed E-state index contributed by atoms with van der Waals surface area (Å²) in [5.74, 6) is 0.377. The molecule has 0 spiro atoms. The molecule has 0 aliphatic carbocycles. The number of oxazole rings is 1. The minimum atomic E-state index is -0.799. The van der Waals surface area contributed by atoms with Crippen molar-refractivity contribution in [3.05, 3.63) is 71.6 Å². The molecule has 0 radical (unpaired) electrons. The fourth-order valence-electron chi connectivity index (χ4n) is 3.60. The molecule has 5 rings (SSSR count). The maximum absolute atomic E-state index is 11.6. The second-order valence-electron chi connectivity index (χ2n) is 7.56. The molecule has 1 unspecified atom stereocenters. The number of fused-ring (bicyclic) bond motifs is 1. The van der Waals surface area contributed by atoms with Gasteiger partial charge in [0.25, 0.3) is 5.91 Å². The van der Waals surface area contributed by atoms with Gasteiger partial charge in [0.1, 0.15) is 17.4 Å². The van der Waals surface area contributed by atoms with Crippen molar-refractivity contribution in [3.8, 4) is 16.5 Å². The number of hydrogen-bond donors (Lipinski definition) is 1. The van der Waals surface area contributed by atoms with E-state index in [1.807, 2.05) is 43.3 Å². The van der Waals surface area contributed by atoms with E-state index in [9.17, 15) is 9.59 Å². The molecule has 1 N–H and O–H groups in total. The van der Waals surface area contributed by atoms with Gasteiger partial charge in [-0.15, -0.1) is 11.3 Å². The van der Waals surface area contributed by atoms with Crippen molar-refractivity contribution in [1.82, 2.24) is 10.5 Å². The molecule has 1 saturated heterocycles. The Labute approximate surface area is 187 Å². The van der Waals surface area contributed by atoms with E-state index in [1.165, 1.54) is 10.1 Å². The number of rotatable bonds is 7. The first kappa shape index (κ1) is 20.3. The minimum Gasteiger partial charge on any atom is -0.493 e. The average Bonchev–Trinajstić information content (AvgIpc) is 3.48. The van der Waals surface area contributed by atoms with Crippen LogP contribution in [0.3, 0.4) is 0 Å². The van der Waals surface area contributed by atoms with Crippen LogP contribution in [0.5, 0.6) is 5.75 Å². The third-order valence-corrected chi connectivity index (χ3v) is 6.46. The number of nitrogens with one attached hydrogen (secondary N) is 1. The predicted molar refractivity (Wildman–Crippen MR) is 119 cm³/mol. The number of benzene rings is 2. The van der Waals surface area contributed by atoms with Gasteiger partial charge in [0.15, 0.2) is 0 Å². The van der Waals surface area contributed by atoms with Crippen LogP contribution in [0.4, 0.5) is 0 Å². The van der Waals surface area contributed by atoms with Crippen molar-refractivity contribution in [2.45, 2.75) is 19.8 Å². The van der Waals surface area contributed by atoms with Crippen LogP contribution in [0.1, 0.15) is 17.0 Å². The molecule has 1 fully saturated rings. The number of aromatic nitrogens is 1. The minimum absolute atomic E-state index is 0.295. The van der Waals surface area contributed by atoms with Gasteiger partial charge < -0.3 is 14.0 Å². The van der Waals surface area contributed by atoms with Crippen molar-refractivity contribution in [3.63, 3.8) is 0 Å². The van der Waals surface area contributed by atoms with Gasteiger partial charge >= 0.3 is 5.97 Å². The Morgan fingerprint density at radius 3 is 2.69 bits per heavy atom. The van der Waals surface area contributed by atoms with E-state index in [-0.39, 0.29) is 0 Å². The molecule has 4 aromatic rings. The van der Waals surface area contributed by atoms with Crippen LogP contribution in [-0.4, -0.2) is 23.5 Å². The van der Waals surface area contributed by atoms with Crippen LogP contribution in [0, 0.1) is 12.8 Å². The molecule has 162 valence electrons. The predicted octanol–water partition coefficient (Wildman–Crippen LogP) is 4.23. The normalized spacial score (nSPS) is 15.7. The molecular formula is C24H20N2O5S. The highest BCUT2D eigenvalue weighted by Gasteiger charge is 2.35. The number of carbonyl (C=O) groups excluding carboxylic acids is 2. The van der Waals surface area contributed by atoms with Gasteiger partial charge in [-0.3, -0.25) is 4.79 Å². The van der Waals surface area contributed by atoms with Crippen LogP contribution in [0.15, 0.2) is 59.0 Å². The Balaban J connectivity index is 1.18. The van der Waals surface area contributed by atoms with Gasteiger partial charge in [0, 0.05) is 11.1 Å². The number of thiophene rings is 1. The smallest absolute Gasteiger partial charge is 0.345 e. The van der Waals surface area contributed by atoms with E-state index in [1.54, 1.807) is 11.3 Å². The van der Waals surface area contributed by atoms with Crippen LogP contribution >= 0.6 is 11.3 Å². The highest BCUT2D eigenvalue weighted by molar-refractivity contribution is 7.22. The van der Waals surface area contributed by atoms with Crippen molar-refractivity contribution >= 4 is 33.3 Å². The van der Waals surface area contributed by atoms with Crippen LogP contribution in [-0.2, 0) is 27.3 Å². The summed E-state index contributed by atoms with van der Waals surface area (Å²) in [6.07, 6.45) is 0.916. The number of ether oxygens (including phenoxy) is 1. The maximum atomic E-state index is 11.6. The van der Waals surface area contributed by atoms with Gasteiger partial charge in [0.05, 0.1) is 17.2 Å². The first-order chi connectivity index (χ1) is 15.6. The standard InChI is InChI=1S/C24H20N2O5S/c1-14-19(25-23(30-14)21-13-16-4-2-3-5-20(16)32-21)10-11-29-17-8-6-15(7-9-17)12-18-22(27)26-31-24(18)28/h2-9,13,18H,10-12H2,1H3,(H,26,27). The summed E-state index contributed by atoms with van der Waals surface area (Å²) in [4.78, 5) is 33.4. The Kier molecular flexibility index (Phi) is 5.36. The molecule has 0 bridgehead atoms. The molecule has 2 aromatic carbocycles. The van der Waals surface area contributed by atoms with Gasteiger partial charge in [-0.25, -0.2) is 9.78 Å². The second kappa shape index (κ2) is 8.47. The summed E-state index contributed by atoms with van der Waals surface area (Å²) < 4.78 is 13.0. The molecular weight excluding hydrogens is 428 g/mol. The SMILES string of the molecule is Cc1oc(-c2cc3ccccc3s2)nc1CCOc1ccc(CC2C(=O)NOC2=O)cc1. The number of aryl methyl sites for hydroxylation is 1. The Hall–Kier alpha value is -3.65. The van der Waals surface area contributed by atoms with E-state index in [4.69, 9.17) is 9.15 Å². The summed E-state index contributed by atoms with van der Waals surface area (Å²) in [7, 11) is 0. The zero-order valence-corrected chi connectivity index (χ0v) is 18.1. The van der Waals surface area contributed by atoms with E-state index in [0.717, 1.165) is 21.9 Å². The molecule has 32 heavy (non-hydrogen) atoms. The lowest BCUT2D eigenvalue weighted by molar-refractivity contribution is -0.146.